The Morgan fingerprint density at radius 2 is 1.43 bits per heavy atom. The lowest BCUT2D eigenvalue weighted by Crippen LogP contribution is -2.39. The highest BCUT2D eigenvalue weighted by molar-refractivity contribution is 6.69. The zero-order chi connectivity index (χ0) is 15.3. The number of halogens is 2. The van der Waals surface area contributed by atoms with Gasteiger partial charge in [-0.15, -0.1) is 0 Å². The minimum Gasteiger partial charge on any atom is -0.486 e. The number of para-hydroxylation sites is 1. The first kappa shape index (κ1) is 15.5. The van der Waals surface area contributed by atoms with Crippen LogP contribution in [0, 0.1) is 0 Å². The van der Waals surface area contributed by atoms with Crippen LogP contribution >= 0.6 is 23.2 Å². The molecule has 0 aliphatic rings. The van der Waals surface area contributed by atoms with Gasteiger partial charge < -0.3 is 4.74 Å². The summed E-state index contributed by atoms with van der Waals surface area (Å²) in [5, 5.41) is 0. The maximum Gasteiger partial charge on any atom is 0.241 e. The van der Waals surface area contributed by atoms with E-state index < -0.39 is 15.9 Å². The highest BCUT2D eigenvalue weighted by Crippen LogP contribution is 2.27. The van der Waals surface area contributed by atoms with E-state index in [-0.39, 0.29) is 12.2 Å². The first-order valence-corrected chi connectivity index (χ1v) is 6.96. The fraction of sp³-hybridized carbons (Fsp3) is 0.125. The molecule has 0 spiro atoms. The largest absolute Gasteiger partial charge is 0.486 e. The number of hydrogen-bond acceptors (Lipinski definition) is 3. The summed E-state index contributed by atoms with van der Waals surface area (Å²) in [6, 6.07) is 16.9. The normalized spacial score (nSPS) is 11.0. The number of hydrogen-bond donors (Lipinski definition) is 0. The van der Waals surface area contributed by atoms with Crippen LogP contribution < -0.4 is 4.74 Å². The molecule has 2 aromatic carbocycles. The fourth-order valence-electron chi connectivity index (χ4n) is 1.65. The molecule has 0 unspecified atom stereocenters. The molecule has 0 aliphatic heterocycles. The van der Waals surface area contributed by atoms with E-state index in [1.54, 1.807) is 54.6 Å². The van der Waals surface area contributed by atoms with Crippen LogP contribution in [-0.2, 0) is 4.79 Å². The molecule has 2 aromatic rings. The predicted molar refractivity (Wildman–Crippen MR) is 82.2 cm³/mol. The summed E-state index contributed by atoms with van der Waals surface area (Å²) in [5.41, 5.74) is 0.274. The summed E-state index contributed by atoms with van der Waals surface area (Å²) in [5.74, 6) is -0.862. The molecular weight excluding hydrogens is 311 g/mol. The smallest absolute Gasteiger partial charge is 0.241 e. The predicted octanol–water partition coefficient (Wildman–Crippen LogP) is 3.69. The number of carbonyl (C=O) groups is 2. The van der Waals surface area contributed by atoms with E-state index in [0.717, 1.165) is 0 Å². The highest BCUT2D eigenvalue weighted by Gasteiger charge is 2.42. The Bertz CT molecular complexity index is 624. The van der Waals surface area contributed by atoms with E-state index in [1.165, 1.54) is 0 Å². The highest BCUT2D eigenvalue weighted by atomic mass is 35.5. The molecule has 0 aromatic heterocycles. The summed E-state index contributed by atoms with van der Waals surface area (Å²) in [4.78, 5) is 24.2. The van der Waals surface area contributed by atoms with Gasteiger partial charge in [-0.25, -0.2) is 0 Å². The Kier molecular flexibility index (Phi) is 4.99. The van der Waals surface area contributed by atoms with Crippen molar-refractivity contribution < 1.29 is 14.3 Å². The van der Waals surface area contributed by atoms with Crippen LogP contribution in [0.25, 0.3) is 0 Å². The Morgan fingerprint density at radius 3 is 2.00 bits per heavy atom. The third-order valence-electron chi connectivity index (χ3n) is 2.78. The Hall–Kier alpha value is -1.84. The molecule has 0 radical (unpaired) electrons. The van der Waals surface area contributed by atoms with E-state index in [2.05, 4.69) is 0 Å². The molecule has 3 nitrogen and oxygen atoms in total. The van der Waals surface area contributed by atoms with E-state index >= 15 is 0 Å². The van der Waals surface area contributed by atoms with E-state index in [4.69, 9.17) is 27.9 Å². The van der Waals surface area contributed by atoms with Crippen molar-refractivity contribution >= 4 is 34.8 Å². The van der Waals surface area contributed by atoms with Gasteiger partial charge in [0.15, 0.2) is 6.61 Å². The van der Waals surface area contributed by atoms with Crippen molar-refractivity contribution in [2.24, 2.45) is 0 Å². The van der Waals surface area contributed by atoms with Gasteiger partial charge in [0.2, 0.25) is 15.9 Å². The van der Waals surface area contributed by atoms with Gasteiger partial charge >= 0.3 is 0 Å². The van der Waals surface area contributed by atoms with E-state index in [1.807, 2.05) is 6.07 Å². The Balaban J connectivity index is 2.05. The molecule has 0 saturated heterocycles. The van der Waals surface area contributed by atoms with Crippen LogP contribution in [0.2, 0.25) is 0 Å². The maximum atomic E-state index is 12.2. The Morgan fingerprint density at radius 1 is 0.905 bits per heavy atom. The second-order valence-corrected chi connectivity index (χ2v) is 5.62. The van der Waals surface area contributed by atoms with Crippen LogP contribution in [0.3, 0.4) is 0 Å². The number of alkyl halides is 2. The number of Topliss-reactive ketones (excluding diaryl/α,β-unsaturated/α-hetero) is 2. The number of rotatable bonds is 6. The summed E-state index contributed by atoms with van der Waals surface area (Å²) < 4.78 is 3.11. The summed E-state index contributed by atoms with van der Waals surface area (Å²) in [7, 11) is 0. The van der Waals surface area contributed by atoms with Crippen molar-refractivity contribution in [2.75, 3.05) is 6.61 Å². The van der Waals surface area contributed by atoms with Gasteiger partial charge in [0.1, 0.15) is 5.75 Å². The molecule has 0 saturated carbocycles. The van der Waals surface area contributed by atoms with Crippen LogP contribution in [0.15, 0.2) is 60.7 Å². The fourth-order valence-corrected chi connectivity index (χ4v) is 1.98. The van der Waals surface area contributed by atoms with Crippen molar-refractivity contribution in [3.05, 3.63) is 66.2 Å². The van der Waals surface area contributed by atoms with Gasteiger partial charge in [-0.05, 0) is 12.1 Å². The number of ether oxygens (including phenoxy) is 1. The van der Waals surface area contributed by atoms with E-state index in [0.29, 0.717) is 5.75 Å². The zero-order valence-corrected chi connectivity index (χ0v) is 12.5. The summed E-state index contributed by atoms with van der Waals surface area (Å²) in [6.45, 7) is -0.379. The quantitative estimate of drug-likeness (QED) is 0.463. The van der Waals surface area contributed by atoms with Gasteiger partial charge in [-0.2, -0.15) is 0 Å². The van der Waals surface area contributed by atoms with Crippen molar-refractivity contribution in [3.8, 4) is 5.75 Å². The van der Waals surface area contributed by atoms with Gasteiger partial charge in [0.25, 0.3) is 0 Å². The van der Waals surface area contributed by atoms with Gasteiger partial charge in [0, 0.05) is 5.56 Å². The topological polar surface area (TPSA) is 43.4 Å². The lowest BCUT2D eigenvalue weighted by molar-refractivity contribution is -0.120. The van der Waals surface area contributed by atoms with Crippen LogP contribution in [0.5, 0.6) is 5.75 Å². The molecule has 2 rings (SSSR count). The third-order valence-corrected chi connectivity index (χ3v) is 3.55. The lowest BCUT2D eigenvalue weighted by Gasteiger charge is -2.17. The molecule has 0 heterocycles. The van der Waals surface area contributed by atoms with Crippen LogP contribution in [-0.4, -0.2) is 22.5 Å². The molecule has 0 fully saturated rings. The molecular formula is C16H12Cl2O3. The maximum absolute atomic E-state index is 12.2. The standard InChI is InChI=1S/C16H12Cl2O3/c17-16(18,15(20)12-7-3-1-4-8-12)14(19)11-21-13-9-5-2-6-10-13/h1-10H,11H2. The monoisotopic (exact) mass is 322 g/mol. The molecule has 108 valence electrons. The summed E-state index contributed by atoms with van der Waals surface area (Å²) >= 11 is 11.8. The molecule has 0 N–H and O–H groups in total. The van der Waals surface area contributed by atoms with Crippen LogP contribution in [0.4, 0.5) is 0 Å². The van der Waals surface area contributed by atoms with Crippen molar-refractivity contribution in [3.63, 3.8) is 0 Å². The molecule has 0 atom stereocenters. The van der Waals surface area contributed by atoms with Crippen molar-refractivity contribution in [1.82, 2.24) is 0 Å². The third kappa shape index (κ3) is 3.84. The zero-order valence-electron chi connectivity index (χ0n) is 11.0. The van der Waals surface area contributed by atoms with Crippen molar-refractivity contribution in [2.45, 2.75) is 4.33 Å². The SMILES string of the molecule is O=C(COc1ccccc1)C(Cl)(Cl)C(=O)c1ccccc1. The minimum atomic E-state index is -2.16. The van der Waals surface area contributed by atoms with Gasteiger partial charge in [-0.1, -0.05) is 71.7 Å². The second kappa shape index (κ2) is 6.74. The average Bonchev–Trinajstić information content (AvgIpc) is 2.53. The summed E-state index contributed by atoms with van der Waals surface area (Å²) in [6.07, 6.45) is 0. The van der Waals surface area contributed by atoms with Gasteiger partial charge in [-0.3, -0.25) is 9.59 Å². The Labute approximate surface area is 132 Å². The van der Waals surface area contributed by atoms with E-state index in [9.17, 15) is 9.59 Å². The molecule has 5 heteroatoms. The van der Waals surface area contributed by atoms with Gasteiger partial charge in [0.05, 0.1) is 0 Å². The average molecular weight is 323 g/mol. The van der Waals surface area contributed by atoms with Crippen LogP contribution in [0.1, 0.15) is 10.4 Å². The lowest BCUT2D eigenvalue weighted by atomic mass is 10.1. The number of carbonyl (C=O) groups excluding carboxylic acids is 2. The first-order chi connectivity index (χ1) is 10.0. The minimum absolute atomic E-state index is 0.274. The molecule has 0 aliphatic carbocycles. The second-order valence-electron chi connectivity index (χ2n) is 4.29. The number of ketones is 2. The molecule has 21 heavy (non-hydrogen) atoms. The number of benzene rings is 2. The molecule has 0 amide bonds. The molecule has 0 bridgehead atoms. The van der Waals surface area contributed by atoms with Crippen molar-refractivity contribution in [1.29, 1.82) is 0 Å². The first-order valence-electron chi connectivity index (χ1n) is 6.20.